The van der Waals surface area contributed by atoms with Gasteiger partial charge in [-0.15, -0.1) is 0 Å². The Morgan fingerprint density at radius 1 is 1.18 bits per heavy atom. The molecule has 2 aromatic heterocycles. The minimum absolute atomic E-state index is 0.00716. The van der Waals surface area contributed by atoms with E-state index in [0.29, 0.717) is 38.2 Å². The molecule has 0 saturated heterocycles. The smallest absolute Gasteiger partial charge is 0.354 e. The number of rotatable bonds is 6. The van der Waals surface area contributed by atoms with Gasteiger partial charge < -0.3 is 14.6 Å². The highest BCUT2D eigenvalue weighted by Gasteiger charge is 2.17. The van der Waals surface area contributed by atoms with E-state index in [2.05, 4.69) is 10.3 Å². The highest BCUT2D eigenvalue weighted by Crippen LogP contribution is 2.24. The van der Waals surface area contributed by atoms with Gasteiger partial charge >= 0.3 is 5.97 Å². The molecule has 0 bridgehead atoms. The maximum absolute atomic E-state index is 13.4. The van der Waals surface area contributed by atoms with E-state index in [-0.39, 0.29) is 17.2 Å². The molecule has 0 radical (unpaired) electrons. The minimum atomic E-state index is -0.501. The molecule has 0 atom stereocenters. The highest BCUT2D eigenvalue weighted by molar-refractivity contribution is 7.99. The number of fused-ring (bicyclic) bond motifs is 1. The molecular weight excluding hydrogens is 476 g/mol. The molecule has 2 heterocycles. The molecule has 0 spiro atoms. The summed E-state index contributed by atoms with van der Waals surface area (Å²) >= 11 is 7.24. The van der Waals surface area contributed by atoms with Crippen LogP contribution in [0.4, 0.5) is 5.69 Å². The highest BCUT2D eigenvalue weighted by atomic mass is 35.5. The molecule has 0 aliphatic heterocycles. The van der Waals surface area contributed by atoms with Gasteiger partial charge in [-0.3, -0.25) is 14.2 Å². The van der Waals surface area contributed by atoms with Crippen LogP contribution >= 0.6 is 23.4 Å². The lowest BCUT2D eigenvalue weighted by Gasteiger charge is -2.14. The first-order valence-electron chi connectivity index (χ1n) is 10.2. The number of ether oxygens (including phenoxy) is 1. The van der Waals surface area contributed by atoms with Crippen molar-refractivity contribution in [2.45, 2.75) is 12.1 Å². The van der Waals surface area contributed by atoms with Crippen LogP contribution in [0.1, 0.15) is 16.1 Å². The molecule has 4 aromatic rings. The zero-order valence-corrected chi connectivity index (χ0v) is 20.2. The fourth-order valence-electron chi connectivity index (χ4n) is 3.50. The zero-order chi connectivity index (χ0) is 24.4. The van der Waals surface area contributed by atoms with Gasteiger partial charge in [-0.2, -0.15) is 0 Å². The molecule has 0 aliphatic rings. The lowest BCUT2D eigenvalue weighted by atomic mass is 10.2. The molecule has 0 saturated carbocycles. The van der Waals surface area contributed by atoms with Crippen LogP contribution < -0.4 is 10.9 Å². The zero-order valence-electron chi connectivity index (χ0n) is 18.7. The first-order valence-corrected chi connectivity index (χ1v) is 11.6. The van der Waals surface area contributed by atoms with Crippen molar-refractivity contribution in [1.82, 2.24) is 14.1 Å². The number of aryl methyl sites for hydroxylation is 2. The second kappa shape index (κ2) is 9.74. The number of nitrogens with one attached hydrogen (secondary N) is 1. The third-order valence-electron chi connectivity index (χ3n) is 5.08. The Labute approximate surface area is 204 Å². The normalized spacial score (nSPS) is 10.9. The predicted molar refractivity (Wildman–Crippen MR) is 133 cm³/mol. The summed E-state index contributed by atoms with van der Waals surface area (Å²) < 4.78 is 7.80. The fraction of sp³-hybridized carbons (Fsp3) is 0.167. The molecule has 4 rings (SSSR count). The summed E-state index contributed by atoms with van der Waals surface area (Å²) in [6.45, 7) is 1.94. The maximum Gasteiger partial charge on any atom is 0.354 e. The third kappa shape index (κ3) is 4.85. The molecule has 0 unspecified atom stereocenters. The molecule has 0 fully saturated rings. The molecule has 2 aromatic carbocycles. The summed E-state index contributed by atoms with van der Waals surface area (Å²) in [7, 11) is 2.98. The van der Waals surface area contributed by atoms with Crippen LogP contribution in [-0.2, 0) is 16.6 Å². The van der Waals surface area contributed by atoms with E-state index in [0.717, 1.165) is 17.3 Å². The second-order valence-corrected chi connectivity index (χ2v) is 8.97. The summed E-state index contributed by atoms with van der Waals surface area (Å²) in [5.41, 5.74) is 2.62. The Morgan fingerprint density at radius 3 is 2.71 bits per heavy atom. The van der Waals surface area contributed by atoms with Crippen molar-refractivity contribution in [2.24, 2.45) is 7.05 Å². The summed E-state index contributed by atoms with van der Waals surface area (Å²) in [6, 6.07) is 14.0. The summed E-state index contributed by atoms with van der Waals surface area (Å²) in [5, 5.41) is 4.02. The van der Waals surface area contributed by atoms with E-state index in [1.165, 1.54) is 17.7 Å². The number of carbonyl (C=O) groups excluding carboxylic acids is 2. The van der Waals surface area contributed by atoms with Gasteiger partial charge in [0.2, 0.25) is 5.91 Å². The van der Waals surface area contributed by atoms with E-state index >= 15 is 0 Å². The van der Waals surface area contributed by atoms with Gasteiger partial charge in [-0.1, -0.05) is 35.5 Å². The van der Waals surface area contributed by atoms with Gasteiger partial charge in [0.25, 0.3) is 5.56 Å². The number of nitrogens with zero attached hydrogens (tertiary/aromatic N) is 3. The summed E-state index contributed by atoms with van der Waals surface area (Å²) in [5.74, 6) is -0.825. The maximum atomic E-state index is 13.4. The number of methoxy groups -OCH3 is 1. The number of carbonyl (C=O) groups is 2. The van der Waals surface area contributed by atoms with Gasteiger partial charge in [0.1, 0.15) is 5.69 Å². The van der Waals surface area contributed by atoms with Crippen LogP contribution in [0, 0.1) is 6.92 Å². The van der Waals surface area contributed by atoms with Gasteiger partial charge in [0.05, 0.1) is 35.1 Å². The van der Waals surface area contributed by atoms with Gasteiger partial charge in [0.15, 0.2) is 5.16 Å². The quantitative estimate of drug-likeness (QED) is 0.244. The van der Waals surface area contributed by atoms with Crippen LogP contribution in [0.2, 0.25) is 5.02 Å². The monoisotopic (exact) mass is 496 g/mol. The van der Waals surface area contributed by atoms with Crippen molar-refractivity contribution in [1.29, 1.82) is 0 Å². The van der Waals surface area contributed by atoms with Crippen molar-refractivity contribution in [3.05, 3.63) is 81.4 Å². The Bertz CT molecular complexity index is 1480. The third-order valence-corrected chi connectivity index (χ3v) is 6.25. The van der Waals surface area contributed by atoms with Crippen molar-refractivity contribution < 1.29 is 14.3 Å². The largest absolute Gasteiger partial charge is 0.464 e. The van der Waals surface area contributed by atoms with Gasteiger partial charge in [-0.05, 0) is 48.9 Å². The van der Waals surface area contributed by atoms with Crippen LogP contribution in [0.25, 0.3) is 16.6 Å². The molecule has 1 amide bonds. The Hall–Kier alpha value is -3.56. The number of halogens is 1. The number of benzene rings is 2. The van der Waals surface area contributed by atoms with Gasteiger partial charge in [0, 0.05) is 18.3 Å². The Balaban J connectivity index is 1.64. The number of amides is 1. The molecule has 34 heavy (non-hydrogen) atoms. The molecule has 174 valence electrons. The number of anilines is 1. The fourth-order valence-corrected chi connectivity index (χ4v) is 4.48. The first-order chi connectivity index (χ1) is 16.3. The molecular formula is C24H21ClN4O4S. The lowest BCUT2D eigenvalue weighted by molar-refractivity contribution is -0.113. The van der Waals surface area contributed by atoms with Crippen molar-refractivity contribution in [2.75, 3.05) is 18.2 Å². The van der Waals surface area contributed by atoms with Crippen molar-refractivity contribution in [3.63, 3.8) is 0 Å². The van der Waals surface area contributed by atoms with E-state index in [9.17, 15) is 14.4 Å². The topological polar surface area (TPSA) is 95.2 Å². The predicted octanol–water partition coefficient (Wildman–Crippen LogP) is 4.20. The standard InChI is InChI=1S/C24H21ClN4O4S/c1-14-5-4-6-17(9-14)29-22(31)18-8-7-15(25)10-19(18)27-24(29)34-13-21(30)26-16-11-20(23(32)33-3)28(2)12-16/h4-12H,13H2,1-3H3,(H,26,30). The number of aromatic nitrogens is 3. The van der Waals surface area contributed by atoms with Crippen molar-refractivity contribution >= 4 is 51.8 Å². The number of hydrogen-bond donors (Lipinski definition) is 1. The van der Waals surface area contributed by atoms with Crippen LogP contribution in [0.3, 0.4) is 0 Å². The first kappa shape index (κ1) is 23.6. The number of hydrogen-bond acceptors (Lipinski definition) is 6. The Kier molecular flexibility index (Phi) is 6.76. The Morgan fingerprint density at radius 2 is 1.97 bits per heavy atom. The number of thioether (sulfide) groups is 1. The van der Waals surface area contributed by atoms with Crippen LogP contribution in [-0.4, -0.2) is 38.9 Å². The van der Waals surface area contributed by atoms with Gasteiger partial charge in [-0.25, -0.2) is 9.78 Å². The minimum Gasteiger partial charge on any atom is -0.464 e. The second-order valence-electron chi connectivity index (χ2n) is 7.59. The SMILES string of the molecule is COC(=O)c1cc(NC(=O)CSc2nc3cc(Cl)ccc3c(=O)n2-c2cccc(C)c2)cn1C. The van der Waals surface area contributed by atoms with E-state index in [4.69, 9.17) is 16.3 Å². The summed E-state index contributed by atoms with van der Waals surface area (Å²) in [4.78, 5) is 42.4. The molecule has 10 heteroatoms. The van der Waals surface area contributed by atoms with E-state index in [1.807, 2.05) is 31.2 Å². The summed E-state index contributed by atoms with van der Waals surface area (Å²) in [6.07, 6.45) is 1.62. The molecule has 0 aliphatic carbocycles. The van der Waals surface area contributed by atoms with E-state index < -0.39 is 5.97 Å². The average Bonchev–Trinajstić information content (AvgIpc) is 3.16. The number of esters is 1. The van der Waals surface area contributed by atoms with E-state index in [1.54, 1.807) is 36.0 Å². The molecule has 8 nitrogen and oxygen atoms in total. The van der Waals surface area contributed by atoms with Crippen LogP contribution in [0.5, 0.6) is 0 Å². The lowest BCUT2D eigenvalue weighted by Crippen LogP contribution is -2.23. The average molecular weight is 497 g/mol. The van der Waals surface area contributed by atoms with Crippen LogP contribution in [0.15, 0.2) is 64.7 Å². The molecule has 1 N–H and O–H groups in total. The van der Waals surface area contributed by atoms with Crippen molar-refractivity contribution in [3.8, 4) is 5.69 Å².